The lowest BCUT2D eigenvalue weighted by Gasteiger charge is -2.51. The van der Waals surface area contributed by atoms with Gasteiger partial charge in [-0.15, -0.1) is 0 Å². The fourth-order valence-corrected chi connectivity index (χ4v) is 1.92. The second-order valence-electron chi connectivity index (χ2n) is 3.50. The van der Waals surface area contributed by atoms with Gasteiger partial charge in [0.05, 0.1) is 5.92 Å². The Morgan fingerprint density at radius 1 is 1.36 bits per heavy atom. The summed E-state index contributed by atoms with van der Waals surface area (Å²) in [7, 11) is 0. The molecule has 3 amide bonds. The zero-order valence-corrected chi connectivity index (χ0v) is 6.94. The molecule has 1 saturated carbocycles. The van der Waals surface area contributed by atoms with Crippen LogP contribution in [-0.4, -0.2) is 23.7 Å². The van der Waals surface area contributed by atoms with Gasteiger partial charge >= 0.3 is 12.2 Å². The fourth-order valence-electron chi connectivity index (χ4n) is 1.92. The van der Waals surface area contributed by atoms with Gasteiger partial charge in [0.1, 0.15) is 5.54 Å². The molecule has 0 radical (unpaired) electrons. The number of fused-ring (bicyclic) bond motifs is 1. The summed E-state index contributed by atoms with van der Waals surface area (Å²) in [6.07, 6.45) is -4.63. The molecule has 0 aromatic rings. The highest BCUT2D eigenvalue weighted by Crippen LogP contribution is 2.50. The molecule has 7 heteroatoms. The maximum Gasteiger partial charge on any atom is 0.412 e. The minimum Gasteiger partial charge on any atom is -0.323 e. The average molecular weight is 208 g/mol. The first-order valence-electron chi connectivity index (χ1n) is 4.06. The molecule has 4 nitrogen and oxygen atoms in total. The van der Waals surface area contributed by atoms with Gasteiger partial charge in [0.25, 0.3) is 0 Å². The van der Waals surface area contributed by atoms with E-state index in [1.54, 1.807) is 5.32 Å². The fraction of sp³-hybridized carbons (Fsp3) is 0.714. The molecule has 78 valence electrons. The number of halogens is 3. The van der Waals surface area contributed by atoms with Crippen LogP contribution in [0.5, 0.6) is 0 Å². The second-order valence-corrected chi connectivity index (χ2v) is 3.50. The summed E-state index contributed by atoms with van der Waals surface area (Å²) in [6.45, 7) is 0. The molecule has 2 unspecified atom stereocenters. The second kappa shape index (κ2) is 2.40. The highest BCUT2D eigenvalue weighted by atomic mass is 19.4. The molecule has 1 saturated heterocycles. The molecule has 0 aromatic heterocycles. The Labute approximate surface area is 76.8 Å². The topological polar surface area (TPSA) is 58.2 Å². The Balaban J connectivity index is 2.34. The summed E-state index contributed by atoms with van der Waals surface area (Å²) in [5.41, 5.74) is -2.31. The summed E-state index contributed by atoms with van der Waals surface area (Å²) >= 11 is 0. The zero-order valence-electron chi connectivity index (χ0n) is 6.94. The van der Waals surface area contributed by atoms with Crippen LogP contribution < -0.4 is 10.6 Å². The molecule has 2 rings (SSSR count). The van der Waals surface area contributed by atoms with Gasteiger partial charge in [0.15, 0.2) is 0 Å². The Bertz CT molecular complexity index is 315. The van der Waals surface area contributed by atoms with E-state index in [1.165, 1.54) is 0 Å². The van der Waals surface area contributed by atoms with E-state index in [9.17, 15) is 22.8 Å². The van der Waals surface area contributed by atoms with Crippen LogP contribution in [0.4, 0.5) is 18.0 Å². The van der Waals surface area contributed by atoms with E-state index >= 15 is 0 Å². The quantitative estimate of drug-likeness (QED) is 0.610. The van der Waals surface area contributed by atoms with Crippen LogP contribution >= 0.6 is 0 Å². The number of hydrogen-bond donors (Lipinski definition) is 2. The molecule has 2 atom stereocenters. The van der Waals surface area contributed by atoms with Crippen molar-refractivity contribution in [2.24, 2.45) is 5.92 Å². The van der Waals surface area contributed by atoms with E-state index in [2.05, 4.69) is 0 Å². The molecule has 2 aliphatic rings. The third-order valence-corrected chi connectivity index (χ3v) is 2.82. The van der Waals surface area contributed by atoms with Crippen molar-refractivity contribution in [1.29, 1.82) is 0 Å². The van der Waals surface area contributed by atoms with E-state index in [1.807, 2.05) is 5.32 Å². The van der Waals surface area contributed by atoms with Crippen molar-refractivity contribution in [3.8, 4) is 0 Å². The molecular formula is C7H7F3N2O2. The summed E-state index contributed by atoms with van der Waals surface area (Å²) in [4.78, 5) is 21.8. The summed E-state index contributed by atoms with van der Waals surface area (Å²) in [5.74, 6) is -2.00. The predicted octanol–water partition coefficient (Wildman–Crippen LogP) is 0.537. The van der Waals surface area contributed by atoms with Crippen LogP contribution in [-0.2, 0) is 4.79 Å². The summed E-state index contributed by atoms with van der Waals surface area (Å²) in [5, 5.41) is 3.62. The zero-order chi connectivity index (χ0) is 10.6. The number of rotatable bonds is 0. The molecule has 0 aromatic carbocycles. The first kappa shape index (κ1) is 9.29. The minimum absolute atomic E-state index is 0.158. The van der Waals surface area contributed by atoms with Crippen molar-refractivity contribution < 1.29 is 22.8 Å². The van der Waals surface area contributed by atoms with Crippen LogP contribution in [0.15, 0.2) is 0 Å². The van der Waals surface area contributed by atoms with Crippen LogP contribution in [0.2, 0.25) is 0 Å². The van der Waals surface area contributed by atoms with Gasteiger partial charge in [0, 0.05) is 0 Å². The monoisotopic (exact) mass is 208 g/mol. The van der Waals surface area contributed by atoms with Gasteiger partial charge in [-0.05, 0) is 12.8 Å². The molecule has 2 fully saturated rings. The van der Waals surface area contributed by atoms with Crippen molar-refractivity contribution in [1.82, 2.24) is 10.6 Å². The molecule has 2 N–H and O–H groups in total. The third-order valence-electron chi connectivity index (χ3n) is 2.82. The predicted molar refractivity (Wildman–Crippen MR) is 38.2 cm³/mol. The lowest BCUT2D eigenvalue weighted by Crippen LogP contribution is -2.76. The van der Waals surface area contributed by atoms with Crippen LogP contribution in [0.3, 0.4) is 0 Å². The number of carbonyl (C=O) groups is 2. The third kappa shape index (κ3) is 0.948. The van der Waals surface area contributed by atoms with Crippen molar-refractivity contribution in [3.63, 3.8) is 0 Å². The first-order valence-corrected chi connectivity index (χ1v) is 4.06. The molecule has 1 aliphatic carbocycles. The number of imide groups is 1. The van der Waals surface area contributed by atoms with Crippen LogP contribution in [0.1, 0.15) is 12.8 Å². The number of urea groups is 1. The van der Waals surface area contributed by atoms with Gasteiger partial charge in [-0.25, -0.2) is 4.79 Å². The minimum atomic E-state index is -4.57. The van der Waals surface area contributed by atoms with E-state index in [-0.39, 0.29) is 12.8 Å². The van der Waals surface area contributed by atoms with Gasteiger partial charge in [-0.1, -0.05) is 0 Å². The Hall–Kier alpha value is -1.27. The van der Waals surface area contributed by atoms with Gasteiger partial charge < -0.3 is 5.32 Å². The van der Waals surface area contributed by atoms with Gasteiger partial charge in [0.2, 0.25) is 5.91 Å². The van der Waals surface area contributed by atoms with E-state index in [0.717, 1.165) is 0 Å². The molecule has 0 bridgehead atoms. The van der Waals surface area contributed by atoms with E-state index in [0.29, 0.717) is 0 Å². The molecule has 14 heavy (non-hydrogen) atoms. The maximum absolute atomic E-state index is 12.6. The molecule has 0 spiro atoms. The SMILES string of the molecule is O=C1NC(=O)C2CCC2(C(F)(F)F)N1. The van der Waals surface area contributed by atoms with E-state index in [4.69, 9.17) is 0 Å². The lowest BCUT2D eigenvalue weighted by atomic mass is 9.64. The average Bonchev–Trinajstić information content (AvgIpc) is 1.92. The highest BCUT2D eigenvalue weighted by Gasteiger charge is 2.69. The normalized spacial score (nSPS) is 36.6. The summed E-state index contributed by atoms with van der Waals surface area (Å²) in [6, 6.07) is -1.07. The standard InChI is InChI=1S/C7H7F3N2O2/c8-7(9,10)6-2-1-3(6)4(13)11-5(14)12-6/h3H,1-2H2,(H2,11,12,13,14). The molecule has 1 heterocycles. The van der Waals surface area contributed by atoms with Gasteiger partial charge in [-0.3, -0.25) is 10.1 Å². The maximum atomic E-state index is 12.6. The molecular weight excluding hydrogens is 201 g/mol. The number of hydrogen-bond acceptors (Lipinski definition) is 2. The Kier molecular flexibility index (Phi) is 1.59. The largest absolute Gasteiger partial charge is 0.412 e. The van der Waals surface area contributed by atoms with Crippen molar-refractivity contribution in [2.45, 2.75) is 24.6 Å². The number of nitrogens with one attached hydrogen (secondary N) is 2. The highest BCUT2D eigenvalue weighted by molar-refractivity contribution is 6.00. The number of amides is 3. The summed E-state index contributed by atoms with van der Waals surface area (Å²) < 4.78 is 37.7. The van der Waals surface area contributed by atoms with E-state index < -0.39 is 29.6 Å². The Morgan fingerprint density at radius 2 is 2.00 bits per heavy atom. The van der Waals surface area contributed by atoms with Crippen LogP contribution in [0.25, 0.3) is 0 Å². The lowest BCUT2D eigenvalue weighted by molar-refractivity contribution is -0.236. The van der Waals surface area contributed by atoms with Crippen molar-refractivity contribution in [3.05, 3.63) is 0 Å². The number of carbonyl (C=O) groups excluding carboxylic acids is 2. The van der Waals surface area contributed by atoms with Crippen LogP contribution in [0, 0.1) is 5.92 Å². The smallest absolute Gasteiger partial charge is 0.323 e. The number of alkyl halides is 3. The van der Waals surface area contributed by atoms with Crippen molar-refractivity contribution in [2.75, 3.05) is 0 Å². The van der Waals surface area contributed by atoms with Crippen molar-refractivity contribution >= 4 is 11.9 Å². The molecule has 1 aliphatic heterocycles. The Morgan fingerprint density at radius 3 is 2.43 bits per heavy atom. The first-order chi connectivity index (χ1) is 6.37. The van der Waals surface area contributed by atoms with Gasteiger partial charge in [-0.2, -0.15) is 13.2 Å².